The number of aryl methyl sites for hydroxylation is 2. The number of nitrogens with zero attached hydrogens (tertiary/aromatic N) is 2. The zero-order valence-corrected chi connectivity index (χ0v) is 36.7. The molecule has 10 aromatic carbocycles. The minimum atomic E-state index is -0.249. The van der Waals surface area contributed by atoms with E-state index in [9.17, 15) is 0 Å². The number of anilines is 6. The lowest BCUT2D eigenvalue weighted by atomic mass is 9.79. The van der Waals surface area contributed by atoms with Crippen LogP contribution in [0.1, 0.15) is 36.1 Å². The smallest absolute Gasteiger partial charge is 0.159 e. The number of furan rings is 2. The normalized spacial score (nSPS) is 13.0. The maximum Gasteiger partial charge on any atom is 0.159 e. The lowest BCUT2D eigenvalue weighted by molar-refractivity contribution is 0.667. The van der Waals surface area contributed by atoms with Crippen LogP contribution in [-0.2, 0) is 5.41 Å². The standard InChI is InChI=1S/C61H44N2O2/c1-37-15-5-9-21-52(37)62(54-23-13-19-48-45-17-7-11-25-56(45)64-59(48)54)42-29-27-39-35-50-47-31-28-40-33-43(30-32-44(40)58(47)61(3,4)51(50)36-41(39)34-42)63(53-22-10-6-16-38(53)2)55-24-14-20-49-46-18-8-12-26-57(46)65-60(49)55/h5-36H,1-4H3. The van der Waals surface area contributed by atoms with Crippen molar-refractivity contribution < 1.29 is 8.83 Å². The van der Waals surface area contributed by atoms with Crippen molar-refractivity contribution in [3.05, 3.63) is 216 Å². The predicted molar refractivity (Wildman–Crippen MR) is 272 cm³/mol. The number of hydrogen-bond donors (Lipinski definition) is 0. The highest BCUT2D eigenvalue weighted by atomic mass is 16.3. The van der Waals surface area contributed by atoms with Crippen LogP contribution in [0.5, 0.6) is 0 Å². The van der Waals surface area contributed by atoms with E-state index in [0.717, 1.165) is 78.0 Å². The Kier molecular flexibility index (Phi) is 8.05. The third-order valence-electron chi connectivity index (χ3n) is 14.0. The fourth-order valence-electron chi connectivity index (χ4n) is 10.9. The van der Waals surface area contributed by atoms with Crippen LogP contribution in [0.25, 0.3) is 76.5 Å². The van der Waals surface area contributed by atoms with Crippen LogP contribution < -0.4 is 9.80 Å². The Morgan fingerprint density at radius 3 is 1.46 bits per heavy atom. The first kappa shape index (κ1) is 37.5. The summed E-state index contributed by atoms with van der Waals surface area (Å²) in [6.45, 7) is 9.15. The van der Waals surface area contributed by atoms with E-state index in [2.05, 4.69) is 219 Å². The van der Waals surface area contributed by atoms with Crippen molar-refractivity contribution in [2.45, 2.75) is 33.1 Å². The molecule has 4 heteroatoms. The van der Waals surface area contributed by atoms with E-state index in [4.69, 9.17) is 8.83 Å². The minimum absolute atomic E-state index is 0.249. The molecule has 0 spiro atoms. The molecule has 0 atom stereocenters. The van der Waals surface area contributed by atoms with Gasteiger partial charge in [0.25, 0.3) is 0 Å². The molecule has 1 aliphatic rings. The zero-order valence-electron chi connectivity index (χ0n) is 36.7. The lowest BCUT2D eigenvalue weighted by Crippen LogP contribution is -2.16. The van der Waals surface area contributed by atoms with Gasteiger partial charge in [0, 0.05) is 49.7 Å². The predicted octanol–water partition coefficient (Wildman–Crippen LogP) is 17.7. The largest absolute Gasteiger partial charge is 0.454 e. The number of rotatable bonds is 6. The SMILES string of the molecule is Cc1ccccc1N(c1ccc2cc3c(cc2c1)C(C)(C)c1c-3ccc2cc(N(c3ccccc3C)c3cccc4c3oc3ccccc34)ccc12)c1cccc2c1oc1ccccc12. The Morgan fingerprint density at radius 2 is 0.862 bits per heavy atom. The van der Waals surface area contributed by atoms with Gasteiger partial charge in [0.05, 0.1) is 11.4 Å². The molecule has 0 bridgehead atoms. The van der Waals surface area contributed by atoms with E-state index >= 15 is 0 Å². The monoisotopic (exact) mass is 836 g/mol. The first-order chi connectivity index (χ1) is 31.8. The minimum Gasteiger partial charge on any atom is -0.454 e. The summed E-state index contributed by atoms with van der Waals surface area (Å²) in [5.74, 6) is 0. The van der Waals surface area contributed by atoms with Gasteiger partial charge in [0.1, 0.15) is 11.2 Å². The van der Waals surface area contributed by atoms with Crippen molar-refractivity contribution in [2.24, 2.45) is 0 Å². The van der Waals surface area contributed by atoms with Crippen molar-refractivity contribution in [1.82, 2.24) is 0 Å². The molecule has 0 radical (unpaired) electrons. The Morgan fingerprint density at radius 1 is 0.369 bits per heavy atom. The van der Waals surface area contributed by atoms with Crippen molar-refractivity contribution in [3.8, 4) is 11.1 Å². The highest BCUT2D eigenvalue weighted by Crippen LogP contribution is 2.54. The summed E-state index contributed by atoms with van der Waals surface area (Å²) in [4.78, 5) is 4.73. The number of fused-ring (bicyclic) bond motifs is 12. The maximum absolute atomic E-state index is 6.64. The summed E-state index contributed by atoms with van der Waals surface area (Å²) >= 11 is 0. The van der Waals surface area contributed by atoms with Gasteiger partial charge < -0.3 is 18.6 Å². The third kappa shape index (κ3) is 5.57. The van der Waals surface area contributed by atoms with E-state index < -0.39 is 0 Å². The number of para-hydroxylation sites is 6. The first-order valence-corrected chi connectivity index (χ1v) is 22.5. The molecule has 1 aliphatic carbocycles. The molecule has 2 aromatic heterocycles. The van der Waals surface area contributed by atoms with E-state index in [1.165, 1.54) is 54.9 Å². The average Bonchev–Trinajstić information content (AvgIpc) is 3.98. The number of hydrogen-bond acceptors (Lipinski definition) is 4. The Labute approximate surface area is 377 Å². The summed E-state index contributed by atoms with van der Waals surface area (Å²) in [6, 6.07) is 70.3. The summed E-state index contributed by atoms with van der Waals surface area (Å²) in [5, 5.41) is 9.37. The molecule has 310 valence electrons. The highest BCUT2D eigenvalue weighted by Gasteiger charge is 2.37. The van der Waals surface area contributed by atoms with Crippen LogP contribution >= 0.6 is 0 Å². The quantitative estimate of drug-likeness (QED) is 0.167. The fraction of sp³-hybridized carbons (Fsp3) is 0.0820. The Bertz CT molecular complexity index is 3920. The van der Waals surface area contributed by atoms with Crippen LogP contribution in [-0.4, -0.2) is 0 Å². The molecule has 12 aromatic rings. The molecular weight excluding hydrogens is 793 g/mol. The van der Waals surface area contributed by atoms with Crippen LogP contribution in [0, 0.1) is 13.8 Å². The van der Waals surface area contributed by atoms with Crippen molar-refractivity contribution in [3.63, 3.8) is 0 Å². The Balaban J connectivity index is 0.943. The van der Waals surface area contributed by atoms with E-state index in [1.54, 1.807) is 0 Å². The van der Waals surface area contributed by atoms with Crippen LogP contribution in [0.15, 0.2) is 203 Å². The molecule has 0 aliphatic heterocycles. The fourth-order valence-corrected chi connectivity index (χ4v) is 10.9. The van der Waals surface area contributed by atoms with Gasteiger partial charge in [-0.25, -0.2) is 0 Å². The van der Waals surface area contributed by atoms with Gasteiger partial charge in [-0.3, -0.25) is 0 Å². The molecule has 0 unspecified atom stereocenters. The number of benzene rings is 10. The van der Waals surface area contributed by atoms with Gasteiger partial charge in [-0.05, 0) is 142 Å². The van der Waals surface area contributed by atoms with Gasteiger partial charge >= 0.3 is 0 Å². The molecule has 0 N–H and O–H groups in total. The van der Waals surface area contributed by atoms with Gasteiger partial charge in [-0.2, -0.15) is 0 Å². The average molecular weight is 837 g/mol. The second-order valence-electron chi connectivity index (χ2n) is 18.2. The molecule has 13 rings (SSSR count). The van der Waals surface area contributed by atoms with Crippen molar-refractivity contribution in [2.75, 3.05) is 9.80 Å². The molecule has 0 amide bonds. The second-order valence-corrected chi connectivity index (χ2v) is 18.2. The molecule has 0 fully saturated rings. The van der Waals surface area contributed by atoms with Crippen molar-refractivity contribution >= 4 is 99.5 Å². The first-order valence-electron chi connectivity index (χ1n) is 22.5. The lowest BCUT2D eigenvalue weighted by Gasteiger charge is -2.28. The molecule has 65 heavy (non-hydrogen) atoms. The van der Waals surface area contributed by atoms with Gasteiger partial charge in [-0.15, -0.1) is 0 Å². The molecular formula is C61H44N2O2. The molecule has 2 heterocycles. The zero-order chi connectivity index (χ0) is 43.6. The Hall–Kier alpha value is -8.08. The molecule has 4 nitrogen and oxygen atoms in total. The van der Waals surface area contributed by atoms with Crippen LogP contribution in [0.2, 0.25) is 0 Å². The maximum atomic E-state index is 6.64. The summed E-state index contributed by atoms with van der Waals surface area (Å²) < 4.78 is 13.3. The van der Waals surface area contributed by atoms with E-state index in [-0.39, 0.29) is 5.41 Å². The van der Waals surface area contributed by atoms with Gasteiger partial charge in [0.2, 0.25) is 0 Å². The van der Waals surface area contributed by atoms with Gasteiger partial charge in [-0.1, -0.05) is 135 Å². The molecule has 0 saturated carbocycles. The highest BCUT2D eigenvalue weighted by molar-refractivity contribution is 6.12. The molecule has 0 saturated heterocycles. The van der Waals surface area contributed by atoms with Crippen LogP contribution in [0.3, 0.4) is 0 Å². The summed E-state index contributed by atoms with van der Waals surface area (Å²) in [6.07, 6.45) is 0. The topological polar surface area (TPSA) is 32.8 Å². The second kappa shape index (κ2) is 14.0. The summed E-state index contributed by atoms with van der Waals surface area (Å²) in [5.41, 5.74) is 17.4. The third-order valence-corrected chi connectivity index (χ3v) is 14.0. The van der Waals surface area contributed by atoms with Crippen LogP contribution in [0.4, 0.5) is 34.1 Å². The van der Waals surface area contributed by atoms with E-state index in [0.29, 0.717) is 0 Å². The van der Waals surface area contributed by atoms with E-state index in [1.807, 2.05) is 12.1 Å². The van der Waals surface area contributed by atoms with Crippen molar-refractivity contribution in [1.29, 1.82) is 0 Å². The van der Waals surface area contributed by atoms with Gasteiger partial charge in [0.15, 0.2) is 11.2 Å². The summed E-state index contributed by atoms with van der Waals surface area (Å²) in [7, 11) is 0.